The molecular weight excluding hydrogens is 402 g/mol. The monoisotopic (exact) mass is 435 g/mol. The first-order valence-corrected chi connectivity index (χ1v) is 10.0. The number of benzene rings is 1. The van der Waals surface area contributed by atoms with Gasteiger partial charge < -0.3 is 25.0 Å². The van der Waals surface area contributed by atoms with E-state index in [-0.39, 0.29) is 19.1 Å². The number of hydrogen-bond donors (Lipinski definition) is 2. The third-order valence-corrected chi connectivity index (χ3v) is 4.15. The number of ether oxygens (including phenoxy) is 2. The molecule has 2 N–H and O–H groups in total. The summed E-state index contributed by atoms with van der Waals surface area (Å²) in [6.45, 7) is 9.88. The van der Waals surface area contributed by atoms with Crippen LogP contribution in [0.2, 0.25) is 0 Å². The van der Waals surface area contributed by atoms with E-state index in [9.17, 15) is 19.2 Å². The molecule has 0 aliphatic rings. The zero-order valence-electron chi connectivity index (χ0n) is 19.3. The van der Waals surface area contributed by atoms with Crippen molar-refractivity contribution >= 4 is 23.9 Å². The number of rotatable bonds is 8. The molecule has 0 radical (unpaired) electrons. The van der Waals surface area contributed by atoms with Gasteiger partial charge in [0.25, 0.3) is 0 Å². The Labute approximate surface area is 183 Å². The van der Waals surface area contributed by atoms with Crippen molar-refractivity contribution in [3.63, 3.8) is 0 Å². The van der Waals surface area contributed by atoms with Crippen LogP contribution in [0.3, 0.4) is 0 Å². The van der Waals surface area contributed by atoms with E-state index < -0.39 is 35.5 Å². The molecule has 0 aliphatic heterocycles. The Hall–Kier alpha value is -3.10. The van der Waals surface area contributed by atoms with Gasteiger partial charge in [-0.15, -0.1) is 0 Å². The van der Waals surface area contributed by atoms with Crippen LogP contribution in [0, 0.1) is 6.92 Å². The first kappa shape index (κ1) is 25.9. The number of carbonyl (C=O) groups excluding carboxylic acids is 4. The number of methoxy groups -OCH3 is 1. The smallest absolute Gasteiger partial charge is 0.408 e. The Morgan fingerprint density at radius 2 is 1.71 bits per heavy atom. The number of esters is 1. The summed E-state index contributed by atoms with van der Waals surface area (Å²) in [4.78, 5) is 50.9. The van der Waals surface area contributed by atoms with Crippen molar-refractivity contribution in [2.75, 3.05) is 20.2 Å². The fourth-order valence-electron chi connectivity index (χ4n) is 2.89. The molecule has 9 heteroatoms. The number of amides is 3. The van der Waals surface area contributed by atoms with Crippen molar-refractivity contribution in [1.29, 1.82) is 0 Å². The lowest BCUT2D eigenvalue weighted by molar-refractivity contribution is -0.144. The van der Waals surface area contributed by atoms with Gasteiger partial charge in [-0.3, -0.25) is 14.4 Å². The fourth-order valence-corrected chi connectivity index (χ4v) is 2.89. The highest BCUT2D eigenvalue weighted by atomic mass is 16.6. The van der Waals surface area contributed by atoms with Crippen LogP contribution < -0.4 is 10.6 Å². The standard InChI is InChI=1S/C22H33N3O6/c1-14(2)25(17(26)12-24-21(29)31-22(4,5)6)19(16-10-8-9-15(3)11-16)20(28)23-13-18(27)30-7/h8-11,14,19H,12-13H2,1-7H3,(H,23,28)(H,24,29). The molecule has 1 aromatic carbocycles. The first-order chi connectivity index (χ1) is 14.4. The molecular formula is C22H33N3O6. The molecule has 0 spiro atoms. The number of carbonyl (C=O) groups is 4. The predicted octanol–water partition coefficient (Wildman–Crippen LogP) is 2.09. The van der Waals surface area contributed by atoms with Gasteiger partial charge in [0.15, 0.2) is 0 Å². The molecule has 31 heavy (non-hydrogen) atoms. The summed E-state index contributed by atoms with van der Waals surface area (Å²) in [6, 6.07) is 5.82. The minimum atomic E-state index is -1.00. The Kier molecular flexibility index (Phi) is 9.48. The molecule has 0 aromatic heterocycles. The lowest BCUT2D eigenvalue weighted by Crippen LogP contribution is -2.51. The van der Waals surface area contributed by atoms with Gasteiger partial charge in [0, 0.05) is 6.04 Å². The number of nitrogens with one attached hydrogen (secondary N) is 2. The van der Waals surface area contributed by atoms with E-state index in [1.54, 1.807) is 52.8 Å². The van der Waals surface area contributed by atoms with Crippen LogP contribution in [0.15, 0.2) is 24.3 Å². The molecule has 0 aliphatic carbocycles. The van der Waals surface area contributed by atoms with E-state index in [2.05, 4.69) is 15.4 Å². The lowest BCUT2D eigenvalue weighted by atomic mass is 10.0. The minimum Gasteiger partial charge on any atom is -0.468 e. The maximum Gasteiger partial charge on any atom is 0.408 e. The van der Waals surface area contributed by atoms with E-state index >= 15 is 0 Å². The molecule has 172 valence electrons. The molecule has 9 nitrogen and oxygen atoms in total. The van der Waals surface area contributed by atoms with Gasteiger partial charge in [-0.25, -0.2) is 4.79 Å². The maximum atomic E-state index is 13.0. The molecule has 0 fully saturated rings. The van der Waals surface area contributed by atoms with Gasteiger partial charge in [-0.1, -0.05) is 29.8 Å². The lowest BCUT2D eigenvalue weighted by Gasteiger charge is -2.34. The summed E-state index contributed by atoms with van der Waals surface area (Å²) in [5, 5.41) is 4.95. The molecule has 1 unspecified atom stereocenters. The third-order valence-electron chi connectivity index (χ3n) is 4.15. The summed E-state index contributed by atoms with van der Waals surface area (Å²) >= 11 is 0. The van der Waals surface area contributed by atoms with Gasteiger partial charge in [-0.05, 0) is 47.1 Å². The van der Waals surface area contributed by atoms with Gasteiger partial charge in [0.05, 0.1) is 7.11 Å². The van der Waals surface area contributed by atoms with Crippen molar-refractivity contribution in [3.05, 3.63) is 35.4 Å². The van der Waals surface area contributed by atoms with E-state index in [0.717, 1.165) is 5.56 Å². The molecule has 0 bridgehead atoms. The summed E-state index contributed by atoms with van der Waals surface area (Å²) in [7, 11) is 1.22. The summed E-state index contributed by atoms with van der Waals surface area (Å²) in [6.07, 6.45) is -0.730. The van der Waals surface area contributed by atoms with Crippen LogP contribution >= 0.6 is 0 Å². The van der Waals surface area contributed by atoms with Crippen molar-refractivity contribution < 1.29 is 28.7 Å². The quantitative estimate of drug-likeness (QED) is 0.605. The summed E-state index contributed by atoms with van der Waals surface area (Å²) in [5.41, 5.74) is 0.788. The van der Waals surface area contributed by atoms with E-state index in [1.807, 2.05) is 13.0 Å². The van der Waals surface area contributed by atoms with Crippen LogP contribution in [-0.4, -0.2) is 60.6 Å². The highest BCUT2D eigenvalue weighted by Gasteiger charge is 2.33. The average molecular weight is 436 g/mol. The number of aryl methyl sites for hydroxylation is 1. The predicted molar refractivity (Wildman–Crippen MR) is 115 cm³/mol. The third kappa shape index (κ3) is 8.65. The van der Waals surface area contributed by atoms with Gasteiger partial charge in [-0.2, -0.15) is 0 Å². The Balaban J connectivity index is 3.14. The van der Waals surface area contributed by atoms with Crippen molar-refractivity contribution in [3.8, 4) is 0 Å². The Bertz CT molecular complexity index is 801. The van der Waals surface area contributed by atoms with Crippen molar-refractivity contribution in [2.24, 2.45) is 0 Å². The first-order valence-electron chi connectivity index (χ1n) is 10.0. The number of alkyl carbamates (subject to hydrolysis) is 1. The zero-order chi connectivity index (χ0) is 23.8. The van der Waals surface area contributed by atoms with Crippen LogP contribution in [0.25, 0.3) is 0 Å². The molecule has 1 rings (SSSR count). The summed E-state index contributed by atoms with van der Waals surface area (Å²) < 4.78 is 9.73. The SMILES string of the molecule is COC(=O)CNC(=O)C(c1cccc(C)c1)N(C(=O)CNC(=O)OC(C)(C)C)C(C)C. The molecule has 0 saturated carbocycles. The fraction of sp³-hybridized carbons (Fsp3) is 0.545. The molecule has 0 heterocycles. The molecule has 1 atom stereocenters. The molecule has 3 amide bonds. The zero-order valence-corrected chi connectivity index (χ0v) is 19.3. The van der Waals surface area contributed by atoms with Gasteiger partial charge in [0.1, 0.15) is 24.7 Å². The van der Waals surface area contributed by atoms with Crippen molar-refractivity contribution in [2.45, 2.75) is 59.2 Å². The minimum absolute atomic E-state index is 0.325. The number of hydrogen-bond acceptors (Lipinski definition) is 6. The Morgan fingerprint density at radius 1 is 1.06 bits per heavy atom. The average Bonchev–Trinajstić information content (AvgIpc) is 2.66. The van der Waals surface area contributed by atoms with Gasteiger partial charge in [0.2, 0.25) is 11.8 Å². The van der Waals surface area contributed by atoms with E-state index in [0.29, 0.717) is 5.56 Å². The molecule has 0 saturated heterocycles. The van der Waals surface area contributed by atoms with E-state index in [4.69, 9.17) is 4.74 Å². The van der Waals surface area contributed by atoms with Crippen LogP contribution in [-0.2, 0) is 23.9 Å². The normalized spacial score (nSPS) is 12.0. The largest absolute Gasteiger partial charge is 0.468 e. The maximum absolute atomic E-state index is 13.0. The second-order valence-electron chi connectivity index (χ2n) is 8.36. The number of nitrogens with zero attached hydrogens (tertiary/aromatic N) is 1. The van der Waals surface area contributed by atoms with Crippen LogP contribution in [0.1, 0.15) is 51.8 Å². The summed E-state index contributed by atoms with van der Waals surface area (Å²) in [5.74, 6) is -1.61. The second kappa shape index (κ2) is 11.3. The van der Waals surface area contributed by atoms with Crippen molar-refractivity contribution in [1.82, 2.24) is 15.5 Å². The van der Waals surface area contributed by atoms with Crippen LogP contribution in [0.5, 0.6) is 0 Å². The van der Waals surface area contributed by atoms with Gasteiger partial charge >= 0.3 is 12.1 Å². The molecule has 1 aromatic rings. The second-order valence-corrected chi connectivity index (χ2v) is 8.36. The Morgan fingerprint density at radius 3 is 2.23 bits per heavy atom. The van der Waals surface area contributed by atoms with Crippen LogP contribution in [0.4, 0.5) is 4.79 Å². The highest BCUT2D eigenvalue weighted by Crippen LogP contribution is 2.24. The van der Waals surface area contributed by atoms with E-state index in [1.165, 1.54) is 12.0 Å². The topological polar surface area (TPSA) is 114 Å². The highest BCUT2D eigenvalue weighted by molar-refractivity contribution is 5.92.